The number of hydrogen-bond donors (Lipinski definition) is 3. The van der Waals surface area contributed by atoms with Gasteiger partial charge in [-0.1, -0.05) is 22.0 Å². The lowest BCUT2D eigenvalue weighted by Gasteiger charge is -2.16. The fourth-order valence-electron chi connectivity index (χ4n) is 1.34. The lowest BCUT2D eigenvalue weighted by atomic mass is 10.0. The predicted molar refractivity (Wildman–Crippen MR) is 67.8 cm³/mol. The predicted octanol–water partition coefficient (Wildman–Crippen LogP) is 1.71. The van der Waals surface area contributed by atoms with E-state index in [1.807, 2.05) is 0 Å². The zero-order chi connectivity index (χ0) is 13.7. The Kier molecular flexibility index (Phi) is 5.46. The fourth-order valence-corrected chi connectivity index (χ4v) is 1.70. The number of halogens is 2. The summed E-state index contributed by atoms with van der Waals surface area (Å²) < 4.78 is 13.4. The molecule has 0 aliphatic carbocycles. The smallest absolute Gasteiger partial charge is 0.328 e. The minimum absolute atomic E-state index is 0.0377. The second-order valence-electron chi connectivity index (χ2n) is 3.62. The molecule has 0 radical (unpaired) electrons. The third-order valence-corrected chi connectivity index (χ3v) is 2.95. The number of carboxylic acids is 1. The van der Waals surface area contributed by atoms with Crippen LogP contribution in [0.3, 0.4) is 0 Å². The van der Waals surface area contributed by atoms with Crippen LogP contribution in [0.5, 0.6) is 0 Å². The minimum Gasteiger partial charge on any atom is -0.478 e. The Balaban J connectivity index is 3.03. The number of aliphatic hydroxyl groups excluding tert-OH is 2. The third kappa shape index (κ3) is 3.90. The van der Waals surface area contributed by atoms with Gasteiger partial charge in [0.2, 0.25) is 0 Å². The number of carbonyl (C=O) groups is 1. The first-order valence-corrected chi connectivity index (χ1v) is 6.20. The van der Waals surface area contributed by atoms with Gasteiger partial charge in [0.25, 0.3) is 0 Å². The number of rotatable bonds is 5. The van der Waals surface area contributed by atoms with E-state index in [4.69, 9.17) is 5.11 Å². The Morgan fingerprint density at radius 3 is 2.67 bits per heavy atom. The lowest BCUT2D eigenvalue weighted by Crippen LogP contribution is -2.19. The van der Waals surface area contributed by atoms with E-state index in [1.165, 1.54) is 12.1 Å². The molecule has 0 aromatic heterocycles. The number of benzene rings is 1. The van der Waals surface area contributed by atoms with Crippen LogP contribution in [0.2, 0.25) is 0 Å². The van der Waals surface area contributed by atoms with Gasteiger partial charge in [0.15, 0.2) is 0 Å². The molecule has 6 heteroatoms. The topological polar surface area (TPSA) is 77.8 Å². The van der Waals surface area contributed by atoms with Crippen LogP contribution in [0.15, 0.2) is 24.3 Å². The van der Waals surface area contributed by atoms with Gasteiger partial charge in [0.05, 0.1) is 6.10 Å². The first kappa shape index (κ1) is 14.8. The van der Waals surface area contributed by atoms with Crippen molar-refractivity contribution in [3.8, 4) is 0 Å². The molecule has 0 spiro atoms. The van der Waals surface area contributed by atoms with Crippen LogP contribution in [0.1, 0.15) is 17.2 Å². The van der Waals surface area contributed by atoms with E-state index >= 15 is 0 Å². The standard InChI is InChI=1S/C12H12BrFO4/c13-6-10(15)12(18)8-1-3-9(14)7(5-8)2-4-11(16)17/h1-5,10,12,15,18H,6H2,(H,16,17)/b4-2+. The quantitative estimate of drug-likeness (QED) is 0.570. The summed E-state index contributed by atoms with van der Waals surface area (Å²) in [6.45, 7) is 0. The molecule has 2 unspecified atom stereocenters. The SMILES string of the molecule is O=C(O)/C=C/c1cc(C(O)C(O)CBr)ccc1F. The molecule has 1 aromatic carbocycles. The van der Waals surface area contributed by atoms with Crippen LogP contribution >= 0.6 is 15.9 Å². The van der Waals surface area contributed by atoms with Gasteiger partial charge < -0.3 is 15.3 Å². The summed E-state index contributed by atoms with van der Waals surface area (Å²) in [6.07, 6.45) is -0.294. The average molecular weight is 319 g/mol. The zero-order valence-electron chi connectivity index (χ0n) is 9.25. The van der Waals surface area contributed by atoms with Crippen molar-refractivity contribution in [3.63, 3.8) is 0 Å². The maximum atomic E-state index is 13.4. The third-order valence-electron chi connectivity index (χ3n) is 2.29. The first-order valence-electron chi connectivity index (χ1n) is 5.08. The van der Waals surface area contributed by atoms with Crippen molar-refractivity contribution in [1.82, 2.24) is 0 Å². The molecule has 0 aliphatic rings. The van der Waals surface area contributed by atoms with E-state index in [1.54, 1.807) is 0 Å². The van der Waals surface area contributed by atoms with E-state index in [9.17, 15) is 19.4 Å². The molecule has 0 bridgehead atoms. The molecule has 1 rings (SSSR count). The van der Waals surface area contributed by atoms with E-state index in [0.29, 0.717) is 5.56 Å². The van der Waals surface area contributed by atoms with E-state index in [0.717, 1.165) is 18.2 Å². The molecule has 98 valence electrons. The van der Waals surface area contributed by atoms with Crippen molar-refractivity contribution in [3.05, 3.63) is 41.2 Å². The summed E-state index contributed by atoms with van der Waals surface area (Å²) in [5.41, 5.74) is 0.351. The van der Waals surface area contributed by atoms with Crippen molar-refractivity contribution < 1.29 is 24.5 Å². The molecule has 0 saturated carbocycles. The number of aliphatic hydroxyl groups is 2. The molecule has 18 heavy (non-hydrogen) atoms. The highest BCUT2D eigenvalue weighted by molar-refractivity contribution is 9.09. The normalized spacial score (nSPS) is 14.7. The highest BCUT2D eigenvalue weighted by Crippen LogP contribution is 2.21. The average Bonchev–Trinajstić information content (AvgIpc) is 2.35. The van der Waals surface area contributed by atoms with Gasteiger partial charge >= 0.3 is 5.97 Å². The lowest BCUT2D eigenvalue weighted by molar-refractivity contribution is -0.131. The van der Waals surface area contributed by atoms with Gasteiger partial charge in [-0.15, -0.1) is 0 Å². The van der Waals surface area contributed by atoms with Gasteiger partial charge in [0.1, 0.15) is 11.9 Å². The largest absolute Gasteiger partial charge is 0.478 e. The van der Waals surface area contributed by atoms with E-state index < -0.39 is 24.0 Å². The second kappa shape index (κ2) is 6.63. The summed E-state index contributed by atoms with van der Waals surface area (Å²) in [7, 11) is 0. The monoisotopic (exact) mass is 318 g/mol. The highest BCUT2D eigenvalue weighted by atomic mass is 79.9. The number of hydrogen-bond acceptors (Lipinski definition) is 3. The van der Waals surface area contributed by atoms with Crippen LogP contribution in [-0.2, 0) is 4.79 Å². The molecule has 1 aromatic rings. The van der Waals surface area contributed by atoms with Gasteiger partial charge in [-0.05, 0) is 23.8 Å². The van der Waals surface area contributed by atoms with Crippen LogP contribution in [-0.4, -0.2) is 32.7 Å². The van der Waals surface area contributed by atoms with Gasteiger partial charge in [0, 0.05) is 17.0 Å². The van der Waals surface area contributed by atoms with E-state index in [2.05, 4.69) is 15.9 Å². The fraction of sp³-hybridized carbons (Fsp3) is 0.250. The Bertz CT molecular complexity index is 461. The Labute approximate surface area is 112 Å². The summed E-state index contributed by atoms with van der Waals surface area (Å²) in [5, 5.41) is 27.8. The highest BCUT2D eigenvalue weighted by Gasteiger charge is 2.17. The molecule has 0 saturated heterocycles. The van der Waals surface area contributed by atoms with Crippen LogP contribution in [0.25, 0.3) is 6.08 Å². The number of aliphatic carboxylic acids is 1. The molecule has 3 N–H and O–H groups in total. The van der Waals surface area contributed by atoms with Gasteiger partial charge in [-0.2, -0.15) is 0 Å². The summed E-state index contributed by atoms with van der Waals surface area (Å²) >= 11 is 3.02. The maximum Gasteiger partial charge on any atom is 0.328 e. The maximum absolute atomic E-state index is 13.4. The number of carboxylic acid groups (broad SMARTS) is 1. The number of alkyl halides is 1. The van der Waals surface area contributed by atoms with Crippen LogP contribution in [0.4, 0.5) is 4.39 Å². The van der Waals surface area contributed by atoms with Crippen molar-refractivity contribution in [1.29, 1.82) is 0 Å². The Morgan fingerprint density at radius 2 is 2.11 bits per heavy atom. The van der Waals surface area contributed by atoms with E-state index in [-0.39, 0.29) is 10.9 Å². The molecule has 0 heterocycles. The molecule has 2 atom stereocenters. The first-order chi connectivity index (χ1) is 8.45. The van der Waals surface area contributed by atoms with Crippen molar-refractivity contribution in [2.24, 2.45) is 0 Å². The summed E-state index contributed by atoms with van der Waals surface area (Å²) in [4.78, 5) is 10.4. The van der Waals surface area contributed by atoms with Crippen LogP contribution in [0, 0.1) is 5.82 Å². The minimum atomic E-state index is -1.19. The van der Waals surface area contributed by atoms with Crippen molar-refractivity contribution in [2.45, 2.75) is 12.2 Å². The molecular formula is C12H12BrFO4. The molecule has 0 aliphatic heterocycles. The summed E-state index contributed by atoms with van der Waals surface area (Å²) in [6, 6.07) is 3.75. The second-order valence-corrected chi connectivity index (χ2v) is 4.27. The van der Waals surface area contributed by atoms with Gasteiger partial charge in [-0.25, -0.2) is 9.18 Å². The molecular weight excluding hydrogens is 307 g/mol. The molecule has 0 amide bonds. The van der Waals surface area contributed by atoms with Crippen molar-refractivity contribution >= 4 is 28.0 Å². The summed E-state index contributed by atoms with van der Waals surface area (Å²) in [5.74, 6) is -1.79. The Hall–Kier alpha value is -1.24. The zero-order valence-corrected chi connectivity index (χ0v) is 10.8. The molecule has 0 fully saturated rings. The molecule has 4 nitrogen and oxygen atoms in total. The van der Waals surface area contributed by atoms with Gasteiger partial charge in [-0.3, -0.25) is 0 Å². The Morgan fingerprint density at radius 1 is 1.44 bits per heavy atom. The van der Waals surface area contributed by atoms with Crippen molar-refractivity contribution in [2.75, 3.05) is 5.33 Å². The van der Waals surface area contributed by atoms with Crippen LogP contribution < -0.4 is 0 Å².